The number of para-hydroxylation sites is 2. The molecule has 0 atom stereocenters. The molecule has 1 aromatic heterocycles. The van der Waals surface area contributed by atoms with Crippen LogP contribution in [-0.2, 0) is 0 Å². The van der Waals surface area contributed by atoms with Crippen LogP contribution in [0, 0.1) is 0 Å². The first-order valence-electron chi connectivity index (χ1n) is 9.95. The summed E-state index contributed by atoms with van der Waals surface area (Å²) in [6.45, 7) is 0. The van der Waals surface area contributed by atoms with E-state index in [0.717, 1.165) is 38.5 Å². The molecule has 0 unspecified atom stereocenters. The van der Waals surface area contributed by atoms with E-state index in [4.69, 9.17) is 4.98 Å². The number of hydrogen-bond donors (Lipinski definition) is 0. The highest BCUT2D eigenvalue weighted by Gasteiger charge is 2.10. The van der Waals surface area contributed by atoms with Gasteiger partial charge in [0.1, 0.15) is 0 Å². The van der Waals surface area contributed by atoms with E-state index >= 15 is 0 Å². The number of rotatable bonds is 4. The fraction of sp³-hybridized carbons (Fsp3) is 0. The second-order valence-electron chi connectivity index (χ2n) is 7.21. The Balaban J connectivity index is 1.62. The van der Waals surface area contributed by atoms with Crippen molar-refractivity contribution < 1.29 is 4.79 Å². The van der Waals surface area contributed by atoms with Gasteiger partial charge in [-0.2, -0.15) is 0 Å². The third kappa shape index (κ3) is 3.40. The molecule has 0 aliphatic rings. The number of allylic oxidation sites excluding steroid dienone is 1. The van der Waals surface area contributed by atoms with Gasteiger partial charge < -0.3 is 0 Å². The molecule has 0 spiro atoms. The van der Waals surface area contributed by atoms with E-state index in [-0.39, 0.29) is 5.78 Å². The maximum atomic E-state index is 12.5. The van der Waals surface area contributed by atoms with E-state index in [1.807, 2.05) is 72.8 Å². The average Bonchev–Trinajstić information content (AvgIpc) is 2.81. The summed E-state index contributed by atoms with van der Waals surface area (Å²) in [4.78, 5) is 17.5. The lowest BCUT2D eigenvalue weighted by Gasteiger charge is -2.10. The lowest BCUT2D eigenvalue weighted by molar-refractivity contribution is 0.104. The van der Waals surface area contributed by atoms with Gasteiger partial charge >= 0.3 is 0 Å². The molecule has 5 aromatic rings. The minimum Gasteiger partial charge on any atom is -0.289 e. The molecule has 2 heteroatoms. The molecule has 0 saturated carbocycles. The number of benzene rings is 4. The molecule has 0 N–H and O–H groups in total. The highest BCUT2D eigenvalue weighted by atomic mass is 16.1. The smallest absolute Gasteiger partial charge is 0.185 e. The number of carbonyl (C=O) groups excluding carboxylic acids is 1. The molecule has 0 aliphatic carbocycles. The molecule has 5 rings (SSSR count). The lowest BCUT2D eigenvalue weighted by Crippen LogP contribution is -1.93. The summed E-state index contributed by atoms with van der Waals surface area (Å²) in [7, 11) is 0. The van der Waals surface area contributed by atoms with Crippen LogP contribution in [0.1, 0.15) is 15.9 Å². The zero-order valence-electron chi connectivity index (χ0n) is 16.3. The van der Waals surface area contributed by atoms with E-state index in [1.165, 1.54) is 0 Å². The monoisotopic (exact) mass is 385 g/mol. The standard InChI is InChI=1S/C28H19NO/c30-27(21-10-2-1-3-11-21)18-17-20-9-4-6-14-24(20)25-15-8-13-23-19-22-12-5-7-16-26(22)29-28(23)25/h1-19H. The highest BCUT2D eigenvalue weighted by molar-refractivity contribution is 6.07. The first-order valence-corrected chi connectivity index (χ1v) is 9.95. The first kappa shape index (κ1) is 18.0. The van der Waals surface area contributed by atoms with Gasteiger partial charge in [0, 0.05) is 21.9 Å². The molecule has 0 aliphatic heterocycles. The molecular weight excluding hydrogens is 366 g/mol. The largest absolute Gasteiger partial charge is 0.289 e. The van der Waals surface area contributed by atoms with Crippen LogP contribution in [0.5, 0.6) is 0 Å². The quantitative estimate of drug-likeness (QED) is 0.190. The Morgan fingerprint density at radius 1 is 0.667 bits per heavy atom. The number of hydrogen-bond acceptors (Lipinski definition) is 2. The van der Waals surface area contributed by atoms with Gasteiger partial charge in [0.25, 0.3) is 0 Å². The van der Waals surface area contributed by atoms with Gasteiger partial charge in [0.2, 0.25) is 0 Å². The van der Waals surface area contributed by atoms with Gasteiger partial charge in [-0.25, -0.2) is 4.98 Å². The van der Waals surface area contributed by atoms with E-state index in [2.05, 4.69) is 36.4 Å². The van der Waals surface area contributed by atoms with Crippen molar-refractivity contribution in [2.24, 2.45) is 0 Å². The molecular formula is C28H19NO. The topological polar surface area (TPSA) is 30.0 Å². The van der Waals surface area contributed by atoms with E-state index in [9.17, 15) is 4.79 Å². The van der Waals surface area contributed by atoms with Crippen molar-refractivity contribution in [1.29, 1.82) is 0 Å². The van der Waals surface area contributed by atoms with Crippen molar-refractivity contribution in [3.8, 4) is 11.1 Å². The molecule has 0 saturated heterocycles. The maximum absolute atomic E-state index is 12.5. The Hall–Kier alpha value is -4.04. The Kier molecular flexibility index (Phi) is 4.66. The third-order valence-corrected chi connectivity index (χ3v) is 5.27. The minimum atomic E-state index is -0.00700. The number of ketones is 1. The lowest BCUT2D eigenvalue weighted by atomic mass is 9.96. The van der Waals surface area contributed by atoms with Gasteiger partial charge in [0.05, 0.1) is 11.0 Å². The summed E-state index contributed by atoms with van der Waals surface area (Å²) in [6.07, 6.45) is 3.53. The number of pyridine rings is 1. The third-order valence-electron chi connectivity index (χ3n) is 5.27. The summed E-state index contributed by atoms with van der Waals surface area (Å²) in [5, 5.41) is 2.23. The first-order chi connectivity index (χ1) is 14.8. The molecule has 4 aromatic carbocycles. The average molecular weight is 385 g/mol. The zero-order chi connectivity index (χ0) is 20.3. The summed E-state index contributed by atoms with van der Waals surface area (Å²) >= 11 is 0. The second kappa shape index (κ2) is 7.76. The normalized spacial score (nSPS) is 11.3. The van der Waals surface area contributed by atoms with E-state index < -0.39 is 0 Å². The molecule has 0 radical (unpaired) electrons. The predicted octanol–water partition coefficient (Wildman–Crippen LogP) is 6.95. The minimum absolute atomic E-state index is 0.00700. The van der Waals surface area contributed by atoms with Crippen LogP contribution < -0.4 is 0 Å². The van der Waals surface area contributed by atoms with Crippen molar-refractivity contribution >= 4 is 33.7 Å². The number of carbonyl (C=O) groups is 1. The van der Waals surface area contributed by atoms with Gasteiger partial charge in [-0.15, -0.1) is 0 Å². The van der Waals surface area contributed by atoms with E-state index in [1.54, 1.807) is 6.08 Å². The van der Waals surface area contributed by atoms with Crippen LogP contribution in [0.2, 0.25) is 0 Å². The second-order valence-corrected chi connectivity index (χ2v) is 7.21. The van der Waals surface area contributed by atoms with E-state index in [0.29, 0.717) is 5.56 Å². The van der Waals surface area contributed by atoms with Crippen LogP contribution in [0.25, 0.3) is 39.0 Å². The van der Waals surface area contributed by atoms with Crippen LogP contribution in [0.15, 0.2) is 109 Å². The number of fused-ring (bicyclic) bond motifs is 2. The van der Waals surface area contributed by atoms with Crippen molar-refractivity contribution in [3.05, 3.63) is 120 Å². The number of nitrogens with zero attached hydrogens (tertiary/aromatic N) is 1. The van der Waals surface area contributed by atoms with Gasteiger partial charge in [-0.3, -0.25) is 4.79 Å². The number of aromatic nitrogens is 1. The molecule has 30 heavy (non-hydrogen) atoms. The van der Waals surface area contributed by atoms with Gasteiger partial charge in [0.15, 0.2) is 5.78 Å². The molecule has 0 fully saturated rings. The molecule has 0 amide bonds. The Bertz CT molecular complexity index is 1400. The molecule has 1 heterocycles. The fourth-order valence-electron chi connectivity index (χ4n) is 3.77. The predicted molar refractivity (Wildman–Crippen MR) is 124 cm³/mol. The Morgan fingerprint density at radius 2 is 1.37 bits per heavy atom. The van der Waals surface area contributed by atoms with Crippen LogP contribution in [0.3, 0.4) is 0 Å². The van der Waals surface area contributed by atoms with Crippen LogP contribution in [-0.4, -0.2) is 10.8 Å². The molecule has 142 valence electrons. The highest BCUT2D eigenvalue weighted by Crippen LogP contribution is 2.32. The Morgan fingerprint density at radius 3 is 2.27 bits per heavy atom. The molecule has 0 bridgehead atoms. The summed E-state index contributed by atoms with van der Waals surface area (Å²) in [6, 6.07) is 34.0. The van der Waals surface area contributed by atoms with Crippen LogP contribution >= 0.6 is 0 Å². The van der Waals surface area contributed by atoms with Crippen molar-refractivity contribution in [2.75, 3.05) is 0 Å². The summed E-state index contributed by atoms with van der Waals surface area (Å²) in [5.41, 5.74) is 5.73. The molecule has 2 nitrogen and oxygen atoms in total. The van der Waals surface area contributed by atoms with Gasteiger partial charge in [-0.1, -0.05) is 97.1 Å². The van der Waals surface area contributed by atoms with Crippen LogP contribution in [0.4, 0.5) is 0 Å². The van der Waals surface area contributed by atoms with Crippen molar-refractivity contribution in [2.45, 2.75) is 0 Å². The fourth-order valence-corrected chi connectivity index (χ4v) is 3.77. The maximum Gasteiger partial charge on any atom is 0.185 e. The SMILES string of the molecule is O=C(C=Cc1ccccc1-c1cccc2cc3ccccc3nc12)c1ccccc1. The summed E-state index contributed by atoms with van der Waals surface area (Å²) < 4.78 is 0. The zero-order valence-corrected chi connectivity index (χ0v) is 16.3. The van der Waals surface area contributed by atoms with Crippen molar-refractivity contribution in [1.82, 2.24) is 4.98 Å². The van der Waals surface area contributed by atoms with Gasteiger partial charge in [-0.05, 0) is 29.3 Å². The Labute approximate surface area is 175 Å². The van der Waals surface area contributed by atoms with Crippen molar-refractivity contribution in [3.63, 3.8) is 0 Å². The summed E-state index contributed by atoms with van der Waals surface area (Å²) in [5.74, 6) is -0.00700.